The molecule has 0 spiro atoms. The number of aromatic nitrogens is 2. The number of para-hydroxylation sites is 1. The van der Waals surface area contributed by atoms with Gasteiger partial charge < -0.3 is 5.73 Å². The lowest BCUT2D eigenvalue weighted by Crippen LogP contribution is -1.90. The first-order valence-electron chi connectivity index (χ1n) is 5.42. The van der Waals surface area contributed by atoms with E-state index in [0.717, 1.165) is 27.9 Å². The van der Waals surface area contributed by atoms with Gasteiger partial charge in [0.15, 0.2) is 5.13 Å². The average molecular weight is 276 g/mol. The summed E-state index contributed by atoms with van der Waals surface area (Å²) in [7, 11) is 0. The van der Waals surface area contributed by atoms with E-state index in [2.05, 4.69) is 9.97 Å². The molecule has 0 fully saturated rings. The Morgan fingerprint density at radius 1 is 1.28 bits per heavy atom. The molecule has 5 heteroatoms. The lowest BCUT2D eigenvalue weighted by molar-refractivity contribution is 1.25. The van der Waals surface area contributed by atoms with Gasteiger partial charge >= 0.3 is 0 Å². The van der Waals surface area contributed by atoms with Crippen LogP contribution in [0, 0.1) is 6.92 Å². The Bertz CT molecular complexity index is 736. The normalized spacial score (nSPS) is 11.0. The summed E-state index contributed by atoms with van der Waals surface area (Å²) in [5.41, 5.74) is 9.31. The number of nitrogen functional groups attached to an aromatic ring is 1. The lowest BCUT2D eigenvalue weighted by atomic mass is 10.1. The van der Waals surface area contributed by atoms with Crippen molar-refractivity contribution >= 4 is 39.0 Å². The van der Waals surface area contributed by atoms with Crippen molar-refractivity contribution in [2.75, 3.05) is 5.73 Å². The Labute approximate surface area is 113 Å². The van der Waals surface area contributed by atoms with Crippen molar-refractivity contribution in [3.8, 4) is 11.3 Å². The van der Waals surface area contributed by atoms with Crippen LogP contribution >= 0.6 is 22.9 Å². The number of hydrogen-bond donors (Lipinski definition) is 1. The summed E-state index contributed by atoms with van der Waals surface area (Å²) in [4.78, 5) is 8.81. The number of benzene rings is 1. The van der Waals surface area contributed by atoms with Crippen LogP contribution in [0.1, 0.15) is 5.69 Å². The average Bonchev–Trinajstić information content (AvgIpc) is 2.76. The Morgan fingerprint density at radius 3 is 2.83 bits per heavy atom. The van der Waals surface area contributed by atoms with Crippen molar-refractivity contribution in [1.29, 1.82) is 0 Å². The molecular formula is C13H10ClN3S. The van der Waals surface area contributed by atoms with Crippen molar-refractivity contribution < 1.29 is 0 Å². The van der Waals surface area contributed by atoms with Gasteiger partial charge in [0, 0.05) is 22.0 Å². The molecule has 0 aliphatic heterocycles. The number of thiazole rings is 1. The molecule has 18 heavy (non-hydrogen) atoms. The standard InChI is InChI=1S/C13H10ClN3S/c1-7-5-9(11-6-18-13(15)17-11)8-3-2-4-10(14)12(8)16-7/h2-6H,1H3,(H2,15,17). The number of halogens is 1. The quantitative estimate of drug-likeness (QED) is 0.733. The third kappa shape index (κ3) is 1.83. The van der Waals surface area contributed by atoms with Gasteiger partial charge in [-0.1, -0.05) is 23.7 Å². The molecule has 2 N–H and O–H groups in total. The van der Waals surface area contributed by atoms with Gasteiger partial charge in [0.1, 0.15) is 0 Å². The van der Waals surface area contributed by atoms with Crippen LogP contribution in [0.5, 0.6) is 0 Å². The molecule has 0 aliphatic rings. The molecule has 0 aliphatic carbocycles. The second kappa shape index (κ2) is 4.23. The molecule has 2 heterocycles. The van der Waals surface area contributed by atoms with Crippen LogP contribution in [0.15, 0.2) is 29.6 Å². The van der Waals surface area contributed by atoms with Gasteiger partial charge in [-0.3, -0.25) is 4.98 Å². The van der Waals surface area contributed by atoms with Crippen LogP contribution in [0.4, 0.5) is 5.13 Å². The molecule has 3 aromatic rings. The minimum absolute atomic E-state index is 0.564. The Kier molecular flexibility index (Phi) is 2.69. The smallest absolute Gasteiger partial charge is 0.180 e. The molecule has 0 bridgehead atoms. The van der Waals surface area contributed by atoms with E-state index >= 15 is 0 Å². The van der Waals surface area contributed by atoms with Crippen LogP contribution < -0.4 is 5.73 Å². The van der Waals surface area contributed by atoms with E-state index in [9.17, 15) is 0 Å². The number of fused-ring (bicyclic) bond motifs is 1. The molecule has 0 amide bonds. The SMILES string of the molecule is Cc1cc(-c2csc(N)n2)c2cccc(Cl)c2n1. The van der Waals surface area contributed by atoms with Crippen LogP contribution in [0.2, 0.25) is 5.02 Å². The summed E-state index contributed by atoms with van der Waals surface area (Å²) >= 11 is 7.62. The first-order chi connectivity index (χ1) is 8.65. The van der Waals surface area contributed by atoms with Gasteiger partial charge in [0.25, 0.3) is 0 Å². The summed E-state index contributed by atoms with van der Waals surface area (Å²) in [6.07, 6.45) is 0. The van der Waals surface area contributed by atoms with Crippen molar-refractivity contribution in [3.63, 3.8) is 0 Å². The second-order valence-electron chi connectivity index (χ2n) is 4.02. The predicted molar refractivity (Wildman–Crippen MR) is 77.0 cm³/mol. The third-order valence-corrected chi connectivity index (χ3v) is 3.70. The fraction of sp³-hybridized carbons (Fsp3) is 0.0769. The number of rotatable bonds is 1. The number of nitrogens with zero attached hydrogens (tertiary/aromatic N) is 2. The zero-order valence-corrected chi connectivity index (χ0v) is 11.2. The number of hydrogen-bond acceptors (Lipinski definition) is 4. The lowest BCUT2D eigenvalue weighted by Gasteiger charge is -2.06. The van der Waals surface area contributed by atoms with Crippen LogP contribution in [-0.2, 0) is 0 Å². The van der Waals surface area contributed by atoms with Crippen molar-refractivity contribution in [3.05, 3.63) is 40.4 Å². The molecule has 2 aromatic heterocycles. The highest BCUT2D eigenvalue weighted by molar-refractivity contribution is 7.13. The monoisotopic (exact) mass is 275 g/mol. The molecule has 0 radical (unpaired) electrons. The van der Waals surface area contributed by atoms with Crippen molar-refractivity contribution in [1.82, 2.24) is 9.97 Å². The van der Waals surface area contributed by atoms with Gasteiger partial charge in [-0.15, -0.1) is 11.3 Å². The summed E-state index contributed by atoms with van der Waals surface area (Å²) in [5, 5.41) is 4.17. The van der Waals surface area contributed by atoms with Crippen LogP contribution in [0.3, 0.4) is 0 Å². The molecule has 0 atom stereocenters. The van der Waals surface area contributed by atoms with Gasteiger partial charge in [-0.25, -0.2) is 4.98 Å². The maximum absolute atomic E-state index is 6.19. The van der Waals surface area contributed by atoms with E-state index in [0.29, 0.717) is 10.2 Å². The van der Waals surface area contributed by atoms with E-state index in [1.54, 1.807) is 0 Å². The minimum atomic E-state index is 0.564. The van der Waals surface area contributed by atoms with Crippen LogP contribution in [0.25, 0.3) is 22.2 Å². The summed E-state index contributed by atoms with van der Waals surface area (Å²) < 4.78 is 0. The molecule has 3 rings (SSSR count). The Hall–Kier alpha value is -1.65. The maximum atomic E-state index is 6.19. The Morgan fingerprint density at radius 2 is 2.11 bits per heavy atom. The highest BCUT2D eigenvalue weighted by atomic mass is 35.5. The summed E-state index contributed by atoms with van der Waals surface area (Å²) in [6, 6.07) is 7.77. The molecule has 0 saturated heterocycles. The largest absolute Gasteiger partial charge is 0.375 e. The molecule has 3 nitrogen and oxygen atoms in total. The number of pyridine rings is 1. The first kappa shape index (κ1) is 11.4. The maximum Gasteiger partial charge on any atom is 0.180 e. The van der Waals surface area contributed by atoms with Gasteiger partial charge in [-0.05, 0) is 19.1 Å². The minimum Gasteiger partial charge on any atom is -0.375 e. The topological polar surface area (TPSA) is 51.8 Å². The highest BCUT2D eigenvalue weighted by Gasteiger charge is 2.10. The molecule has 90 valence electrons. The van der Waals surface area contributed by atoms with Crippen molar-refractivity contribution in [2.45, 2.75) is 6.92 Å². The predicted octanol–water partition coefficient (Wildman–Crippen LogP) is 3.90. The molecule has 0 saturated carbocycles. The zero-order valence-electron chi connectivity index (χ0n) is 9.64. The fourth-order valence-electron chi connectivity index (χ4n) is 1.96. The summed E-state index contributed by atoms with van der Waals surface area (Å²) in [5.74, 6) is 0. The second-order valence-corrected chi connectivity index (χ2v) is 5.32. The number of aryl methyl sites for hydroxylation is 1. The zero-order chi connectivity index (χ0) is 12.7. The van der Waals surface area contributed by atoms with E-state index in [1.807, 2.05) is 36.6 Å². The third-order valence-electron chi connectivity index (χ3n) is 2.72. The first-order valence-corrected chi connectivity index (χ1v) is 6.68. The van der Waals surface area contributed by atoms with Crippen molar-refractivity contribution in [2.24, 2.45) is 0 Å². The molecular weight excluding hydrogens is 266 g/mol. The fourth-order valence-corrected chi connectivity index (χ4v) is 2.74. The number of nitrogens with two attached hydrogens (primary N) is 1. The molecule has 1 aromatic carbocycles. The van der Waals surface area contributed by atoms with E-state index in [1.165, 1.54) is 11.3 Å². The Balaban J connectivity index is 2.38. The highest BCUT2D eigenvalue weighted by Crippen LogP contribution is 2.32. The van der Waals surface area contributed by atoms with Crippen LogP contribution in [-0.4, -0.2) is 9.97 Å². The van der Waals surface area contributed by atoms with Gasteiger partial charge in [-0.2, -0.15) is 0 Å². The van der Waals surface area contributed by atoms with E-state index in [-0.39, 0.29) is 0 Å². The van der Waals surface area contributed by atoms with E-state index < -0.39 is 0 Å². The summed E-state index contributed by atoms with van der Waals surface area (Å²) in [6.45, 7) is 1.95. The number of anilines is 1. The van der Waals surface area contributed by atoms with Gasteiger partial charge in [0.05, 0.1) is 16.2 Å². The molecule has 0 unspecified atom stereocenters. The van der Waals surface area contributed by atoms with E-state index in [4.69, 9.17) is 17.3 Å². The van der Waals surface area contributed by atoms with Gasteiger partial charge in [0.2, 0.25) is 0 Å².